The number of furan rings is 1. The summed E-state index contributed by atoms with van der Waals surface area (Å²) < 4.78 is 5.46. The Hall–Kier alpha value is -1.47. The number of nitriles is 1. The fourth-order valence-corrected chi connectivity index (χ4v) is 1.28. The number of hydrogen-bond acceptors (Lipinski definition) is 4. The van der Waals surface area contributed by atoms with Gasteiger partial charge in [-0.2, -0.15) is 5.26 Å². The summed E-state index contributed by atoms with van der Waals surface area (Å²) in [5.74, 6) is 1.30. The third-order valence-corrected chi connectivity index (χ3v) is 2.13. The lowest BCUT2D eigenvalue weighted by Gasteiger charge is -2.16. The Balaban J connectivity index is 2.82. The van der Waals surface area contributed by atoms with Crippen LogP contribution in [0.25, 0.3) is 0 Å². The fraction of sp³-hybridized carbons (Fsp3) is 0.500. The predicted molar refractivity (Wildman–Crippen MR) is 54.8 cm³/mol. The minimum absolute atomic E-state index is 0.523. The molecule has 4 heteroatoms. The summed E-state index contributed by atoms with van der Waals surface area (Å²) in [6.07, 6.45) is 0. The fourth-order valence-electron chi connectivity index (χ4n) is 1.28. The Kier molecular flexibility index (Phi) is 3.55. The van der Waals surface area contributed by atoms with Crippen molar-refractivity contribution in [2.45, 2.75) is 19.9 Å². The van der Waals surface area contributed by atoms with Crippen LogP contribution < -0.4 is 10.6 Å². The van der Waals surface area contributed by atoms with E-state index >= 15 is 0 Å². The van der Waals surface area contributed by atoms with Crippen LogP contribution >= 0.6 is 0 Å². The van der Waals surface area contributed by atoms with E-state index in [0.29, 0.717) is 5.76 Å². The third-order valence-electron chi connectivity index (χ3n) is 2.13. The molecule has 0 bridgehead atoms. The van der Waals surface area contributed by atoms with Crippen LogP contribution in [-0.2, 0) is 0 Å². The Morgan fingerprint density at radius 3 is 2.64 bits per heavy atom. The van der Waals surface area contributed by atoms with Gasteiger partial charge in [-0.15, -0.1) is 0 Å². The highest BCUT2D eigenvalue weighted by Crippen LogP contribution is 2.21. The van der Waals surface area contributed by atoms with E-state index in [2.05, 4.69) is 18.7 Å². The molecule has 4 nitrogen and oxygen atoms in total. The summed E-state index contributed by atoms with van der Waals surface area (Å²) in [5, 5.41) is 8.60. The van der Waals surface area contributed by atoms with Crippen molar-refractivity contribution in [1.29, 1.82) is 5.26 Å². The van der Waals surface area contributed by atoms with E-state index in [1.807, 2.05) is 12.1 Å². The molecule has 0 spiro atoms. The van der Waals surface area contributed by atoms with Gasteiger partial charge in [0.1, 0.15) is 5.76 Å². The van der Waals surface area contributed by atoms with Crippen LogP contribution in [0.15, 0.2) is 16.5 Å². The number of nitrogens with zero attached hydrogens (tertiary/aromatic N) is 2. The van der Waals surface area contributed by atoms with Gasteiger partial charge in [0.05, 0.1) is 6.07 Å². The molecule has 0 aliphatic carbocycles. The Morgan fingerprint density at radius 2 is 2.14 bits per heavy atom. The molecule has 0 fully saturated rings. The van der Waals surface area contributed by atoms with Crippen LogP contribution in [0.1, 0.15) is 25.6 Å². The molecular weight excluding hydrogens is 178 g/mol. The average molecular weight is 193 g/mol. The molecule has 0 aromatic carbocycles. The van der Waals surface area contributed by atoms with Gasteiger partial charge in [0, 0.05) is 19.2 Å². The van der Waals surface area contributed by atoms with Gasteiger partial charge < -0.3 is 15.1 Å². The van der Waals surface area contributed by atoms with E-state index in [0.717, 1.165) is 19.0 Å². The van der Waals surface area contributed by atoms with Gasteiger partial charge in [-0.05, 0) is 19.9 Å². The maximum absolute atomic E-state index is 8.60. The number of rotatable bonds is 4. The van der Waals surface area contributed by atoms with Gasteiger partial charge >= 0.3 is 0 Å². The van der Waals surface area contributed by atoms with Crippen LogP contribution in [0, 0.1) is 11.3 Å². The molecule has 2 N–H and O–H groups in total. The summed E-state index contributed by atoms with van der Waals surface area (Å²) in [6.45, 7) is 5.86. The minimum Gasteiger partial charge on any atom is -0.443 e. The average Bonchev–Trinajstić information content (AvgIpc) is 2.68. The molecule has 1 unspecified atom stereocenters. The first kappa shape index (κ1) is 10.6. The molecular formula is C10H15N3O. The van der Waals surface area contributed by atoms with Crippen molar-refractivity contribution in [2.75, 3.05) is 18.0 Å². The summed E-state index contributed by atoms with van der Waals surface area (Å²) in [5.41, 5.74) is 5.52. The highest BCUT2D eigenvalue weighted by atomic mass is 16.4. The molecule has 0 amide bonds. The maximum Gasteiger partial charge on any atom is 0.195 e. The zero-order valence-corrected chi connectivity index (χ0v) is 8.53. The first-order valence-electron chi connectivity index (χ1n) is 4.72. The van der Waals surface area contributed by atoms with Gasteiger partial charge in [-0.25, -0.2) is 0 Å². The van der Waals surface area contributed by atoms with Crippen LogP contribution in [0.4, 0.5) is 5.88 Å². The molecule has 1 heterocycles. The van der Waals surface area contributed by atoms with Crippen molar-refractivity contribution < 1.29 is 4.42 Å². The Labute approximate surface area is 83.9 Å². The van der Waals surface area contributed by atoms with Gasteiger partial charge in [0.2, 0.25) is 0 Å². The first-order valence-corrected chi connectivity index (χ1v) is 4.72. The van der Waals surface area contributed by atoms with E-state index in [9.17, 15) is 0 Å². The van der Waals surface area contributed by atoms with E-state index in [1.165, 1.54) is 0 Å². The van der Waals surface area contributed by atoms with Crippen LogP contribution in [0.5, 0.6) is 0 Å². The van der Waals surface area contributed by atoms with E-state index in [4.69, 9.17) is 15.4 Å². The van der Waals surface area contributed by atoms with Crippen LogP contribution in [0.2, 0.25) is 0 Å². The van der Waals surface area contributed by atoms with E-state index in [-0.39, 0.29) is 0 Å². The topological polar surface area (TPSA) is 66.2 Å². The van der Waals surface area contributed by atoms with Crippen molar-refractivity contribution in [3.8, 4) is 6.07 Å². The summed E-state index contributed by atoms with van der Waals surface area (Å²) >= 11 is 0. The molecule has 0 aliphatic rings. The molecule has 1 rings (SSSR count). The van der Waals surface area contributed by atoms with Crippen LogP contribution in [-0.4, -0.2) is 13.1 Å². The highest BCUT2D eigenvalue weighted by molar-refractivity contribution is 5.37. The van der Waals surface area contributed by atoms with Gasteiger partial charge in [-0.1, -0.05) is 0 Å². The number of anilines is 1. The second kappa shape index (κ2) is 4.68. The monoisotopic (exact) mass is 193 g/mol. The Bertz CT molecular complexity index is 322. The third kappa shape index (κ3) is 2.06. The molecule has 0 aliphatic heterocycles. The smallest absolute Gasteiger partial charge is 0.195 e. The second-order valence-electron chi connectivity index (χ2n) is 2.96. The van der Waals surface area contributed by atoms with E-state index in [1.54, 1.807) is 6.07 Å². The van der Waals surface area contributed by atoms with Crippen LogP contribution in [0.3, 0.4) is 0 Å². The first-order chi connectivity index (χ1) is 6.72. The zero-order chi connectivity index (χ0) is 10.6. The van der Waals surface area contributed by atoms with Crippen molar-refractivity contribution in [3.05, 3.63) is 17.9 Å². The Morgan fingerprint density at radius 1 is 1.50 bits per heavy atom. The zero-order valence-electron chi connectivity index (χ0n) is 8.53. The largest absolute Gasteiger partial charge is 0.443 e. The van der Waals surface area contributed by atoms with Crippen molar-refractivity contribution in [1.82, 2.24) is 0 Å². The van der Waals surface area contributed by atoms with Crippen molar-refractivity contribution >= 4 is 5.88 Å². The minimum atomic E-state index is -0.667. The molecule has 1 atom stereocenters. The SMILES string of the molecule is CCN(CC)c1ccc(C(N)C#N)o1. The molecule has 1 aromatic heterocycles. The summed E-state index contributed by atoms with van der Waals surface area (Å²) in [4.78, 5) is 2.06. The lowest BCUT2D eigenvalue weighted by atomic mass is 10.3. The van der Waals surface area contributed by atoms with Gasteiger partial charge in [0.25, 0.3) is 0 Å². The van der Waals surface area contributed by atoms with E-state index < -0.39 is 6.04 Å². The molecule has 0 saturated carbocycles. The number of hydrogen-bond donors (Lipinski definition) is 1. The van der Waals surface area contributed by atoms with Gasteiger partial charge in [0.15, 0.2) is 11.9 Å². The quantitative estimate of drug-likeness (QED) is 0.789. The summed E-state index contributed by atoms with van der Waals surface area (Å²) in [6, 6.07) is 4.87. The molecule has 0 saturated heterocycles. The predicted octanol–water partition coefficient (Wildman–Crippen LogP) is 1.65. The second-order valence-corrected chi connectivity index (χ2v) is 2.96. The molecule has 76 valence electrons. The lowest BCUT2D eigenvalue weighted by Crippen LogP contribution is -2.21. The summed E-state index contributed by atoms with van der Waals surface area (Å²) in [7, 11) is 0. The molecule has 14 heavy (non-hydrogen) atoms. The molecule has 1 aromatic rings. The van der Waals surface area contributed by atoms with Crippen molar-refractivity contribution in [2.24, 2.45) is 5.73 Å². The van der Waals surface area contributed by atoms with Crippen molar-refractivity contribution in [3.63, 3.8) is 0 Å². The number of nitrogens with two attached hydrogens (primary N) is 1. The lowest BCUT2D eigenvalue weighted by molar-refractivity contribution is 0.489. The standard InChI is InChI=1S/C10H15N3O/c1-3-13(4-2)10-6-5-9(14-10)8(12)7-11/h5-6,8H,3-4,12H2,1-2H3. The maximum atomic E-state index is 8.60. The van der Waals surface area contributed by atoms with Gasteiger partial charge in [-0.3, -0.25) is 0 Å². The highest BCUT2D eigenvalue weighted by Gasteiger charge is 2.12. The molecule has 0 radical (unpaired) electrons. The normalized spacial score (nSPS) is 12.1.